The lowest BCUT2D eigenvalue weighted by Gasteiger charge is -2.31. The molecule has 1 aliphatic rings. The van der Waals surface area contributed by atoms with E-state index >= 15 is 0 Å². The minimum absolute atomic E-state index is 0.0696. The van der Waals surface area contributed by atoms with E-state index in [0.717, 1.165) is 32.5 Å². The second kappa shape index (κ2) is 8.80. The topological polar surface area (TPSA) is 55.3 Å². The van der Waals surface area contributed by atoms with E-state index in [1.165, 1.54) is 11.3 Å². The van der Waals surface area contributed by atoms with E-state index in [0.29, 0.717) is 28.2 Å². The Labute approximate surface area is 211 Å². The monoisotopic (exact) mass is 497 g/mol. The van der Waals surface area contributed by atoms with Crippen LogP contribution in [0.3, 0.4) is 0 Å². The Bertz CT molecular complexity index is 1520. The first-order chi connectivity index (χ1) is 17.1. The fourth-order valence-electron chi connectivity index (χ4n) is 4.45. The normalized spacial score (nSPS) is 12.6. The minimum Gasteiger partial charge on any atom is -0.457 e. The average Bonchev–Trinajstić information content (AvgIpc) is 3.33. The molecule has 0 saturated carbocycles. The summed E-state index contributed by atoms with van der Waals surface area (Å²) in [7, 11) is 0. The van der Waals surface area contributed by atoms with Crippen LogP contribution in [0.1, 0.15) is 28.2 Å². The second-order valence-corrected chi connectivity index (χ2v) is 9.83. The third kappa shape index (κ3) is 3.85. The zero-order chi connectivity index (χ0) is 23.9. The lowest BCUT2D eigenvalue weighted by atomic mass is 9.87. The van der Waals surface area contributed by atoms with Crippen LogP contribution in [-0.2, 0) is 11.3 Å². The van der Waals surface area contributed by atoms with E-state index in [-0.39, 0.29) is 5.91 Å². The molecule has 0 spiro atoms. The Balaban J connectivity index is 1.51. The number of halogens is 1. The number of para-hydroxylation sites is 2. The van der Waals surface area contributed by atoms with Gasteiger partial charge in [-0.2, -0.15) is 0 Å². The first kappa shape index (κ1) is 21.8. The first-order valence-corrected chi connectivity index (χ1v) is 12.4. The molecule has 0 atom stereocenters. The van der Waals surface area contributed by atoms with Crippen molar-refractivity contribution >= 4 is 44.2 Å². The quantitative estimate of drug-likeness (QED) is 0.265. The van der Waals surface area contributed by atoms with Crippen LogP contribution in [-0.4, -0.2) is 15.9 Å². The summed E-state index contributed by atoms with van der Waals surface area (Å²) in [4.78, 5) is 25.3. The molecule has 0 aliphatic carbocycles. The number of benzene rings is 3. The van der Waals surface area contributed by atoms with Crippen molar-refractivity contribution in [1.82, 2.24) is 9.97 Å². The number of pyridine rings is 1. The molecule has 0 fully saturated rings. The number of nitrogens with zero attached hydrogens (tertiary/aromatic N) is 3. The lowest BCUT2D eigenvalue weighted by molar-refractivity contribution is -0.119. The first-order valence-electron chi connectivity index (χ1n) is 11.2. The van der Waals surface area contributed by atoms with Crippen molar-refractivity contribution in [1.29, 1.82) is 0 Å². The molecule has 0 radical (unpaired) electrons. The summed E-state index contributed by atoms with van der Waals surface area (Å²) in [5.41, 5.74) is 4.32. The van der Waals surface area contributed by atoms with Gasteiger partial charge in [-0.15, -0.1) is 0 Å². The molecule has 0 unspecified atom stereocenters. The number of anilines is 1. The fraction of sp³-hybridized carbons (Fsp3) is 0.107. The maximum absolute atomic E-state index is 14.4. The number of carbonyl (C=O) groups is 1. The van der Waals surface area contributed by atoms with Crippen molar-refractivity contribution in [3.63, 3.8) is 0 Å². The largest absolute Gasteiger partial charge is 0.457 e. The third-order valence-corrected chi connectivity index (χ3v) is 7.68. The molecule has 35 heavy (non-hydrogen) atoms. The number of fused-ring (bicyclic) bond motifs is 3. The van der Waals surface area contributed by atoms with Gasteiger partial charge >= 0.3 is 0 Å². The highest BCUT2D eigenvalue weighted by Crippen LogP contribution is 2.46. The molecule has 0 bridgehead atoms. The van der Waals surface area contributed by atoms with Gasteiger partial charge in [0.2, 0.25) is 5.91 Å². The second-order valence-electron chi connectivity index (χ2n) is 8.41. The molecule has 3 heterocycles. The van der Waals surface area contributed by atoms with Crippen molar-refractivity contribution in [3.05, 3.63) is 112 Å². The molecular weight excluding hydrogens is 478 g/mol. The Morgan fingerprint density at radius 2 is 1.71 bits per heavy atom. The van der Waals surface area contributed by atoms with Gasteiger partial charge in [-0.05, 0) is 48.4 Å². The van der Waals surface area contributed by atoms with Crippen LogP contribution in [0.15, 0.2) is 85.2 Å². The van der Waals surface area contributed by atoms with Crippen LogP contribution in [0, 0.1) is 6.92 Å². The number of aromatic nitrogens is 2. The Morgan fingerprint density at radius 1 is 1.00 bits per heavy atom. The van der Waals surface area contributed by atoms with E-state index in [2.05, 4.69) is 4.98 Å². The molecular formula is C28H20ClN3O2S. The molecule has 3 aromatic carbocycles. The van der Waals surface area contributed by atoms with Crippen LogP contribution < -0.4 is 9.64 Å². The lowest BCUT2D eigenvalue weighted by Crippen LogP contribution is -2.36. The maximum Gasteiger partial charge on any atom is 0.241 e. The van der Waals surface area contributed by atoms with E-state index < -0.39 is 5.92 Å². The number of rotatable bonds is 4. The molecule has 172 valence electrons. The SMILES string of the molecule is Cc1c(Cl)ccc2sc(N(Cc3cccnc3)C(=O)C3c4ccccc4Oc4ccccc43)nc12. The number of thiazole rings is 1. The van der Waals surface area contributed by atoms with Crippen LogP contribution in [0.5, 0.6) is 11.5 Å². The van der Waals surface area contributed by atoms with Crippen molar-refractivity contribution in [2.24, 2.45) is 0 Å². The number of ether oxygens (including phenoxy) is 1. The summed E-state index contributed by atoms with van der Waals surface area (Å²) in [5.74, 6) is 0.792. The van der Waals surface area contributed by atoms with Crippen LogP contribution in [0.25, 0.3) is 10.2 Å². The Morgan fingerprint density at radius 3 is 2.40 bits per heavy atom. The van der Waals surface area contributed by atoms with Gasteiger partial charge in [0.25, 0.3) is 0 Å². The molecule has 1 amide bonds. The predicted octanol–water partition coefficient (Wildman–Crippen LogP) is 7.12. The van der Waals surface area contributed by atoms with Crippen LogP contribution in [0.4, 0.5) is 5.13 Å². The van der Waals surface area contributed by atoms with Crippen molar-refractivity contribution in [3.8, 4) is 11.5 Å². The number of aryl methyl sites for hydroxylation is 1. The zero-order valence-corrected chi connectivity index (χ0v) is 20.4. The van der Waals surface area contributed by atoms with E-state index in [1.54, 1.807) is 17.3 Å². The number of amides is 1. The molecule has 1 aliphatic heterocycles. The number of hydrogen-bond donors (Lipinski definition) is 0. The Hall–Kier alpha value is -3.74. The highest BCUT2D eigenvalue weighted by Gasteiger charge is 2.36. The summed E-state index contributed by atoms with van der Waals surface area (Å²) in [5, 5.41) is 1.28. The summed E-state index contributed by atoms with van der Waals surface area (Å²) in [6.45, 7) is 2.30. The van der Waals surface area contributed by atoms with Gasteiger partial charge in [-0.1, -0.05) is 65.4 Å². The number of hydrogen-bond acceptors (Lipinski definition) is 5. The summed E-state index contributed by atoms with van der Waals surface area (Å²) in [6, 6.07) is 23.1. The van der Waals surface area contributed by atoms with Gasteiger partial charge in [0.05, 0.1) is 22.7 Å². The van der Waals surface area contributed by atoms with Gasteiger partial charge in [0, 0.05) is 28.5 Å². The smallest absolute Gasteiger partial charge is 0.241 e. The molecule has 0 saturated heterocycles. The van der Waals surface area contributed by atoms with Gasteiger partial charge in [-0.25, -0.2) is 4.98 Å². The van der Waals surface area contributed by atoms with Gasteiger partial charge in [0.1, 0.15) is 11.5 Å². The highest BCUT2D eigenvalue weighted by atomic mass is 35.5. The fourth-order valence-corrected chi connectivity index (χ4v) is 5.63. The Kier molecular flexibility index (Phi) is 5.47. The van der Waals surface area contributed by atoms with Crippen molar-refractivity contribution in [2.75, 3.05) is 4.90 Å². The van der Waals surface area contributed by atoms with E-state index in [4.69, 9.17) is 21.3 Å². The summed E-state index contributed by atoms with van der Waals surface area (Å²) < 4.78 is 7.11. The van der Waals surface area contributed by atoms with E-state index in [9.17, 15) is 4.79 Å². The van der Waals surface area contributed by atoms with Gasteiger partial charge in [-0.3, -0.25) is 14.7 Å². The van der Waals surface area contributed by atoms with Crippen molar-refractivity contribution in [2.45, 2.75) is 19.4 Å². The van der Waals surface area contributed by atoms with Crippen molar-refractivity contribution < 1.29 is 9.53 Å². The predicted molar refractivity (Wildman–Crippen MR) is 140 cm³/mol. The minimum atomic E-state index is -0.524. The molecule has 0 N–H and O–H groups in total. The molecule has 2 aromatic heterocycles. The molecule has 5 aromatic rings. The third-order valence-electron chi connectivity index (χ3n) is 6.22. The van der Waals surface area contributed by atoms with Gasteiger partial charge in [0.15, 0.2) is 5.13 Å². The summed E-state index contributed by atoms with van der Waals surface area (Å²) >= 11 is 7.85. The van der Waals surface area contributed by atoms with Crippen LogP contribution >= 0.6 is 22.9 Å². The van der Waals surface area contributed by atoms with E-state index in [1.807, 2.05) is 79.7 Å². The molecule has 7 heteroatoms. The molecule has 6 rings (SSSR count). The zero-order valence-electron chi connectivity index (χ0n) is 18.8. The average molecular weight is 498 g/mol. The maximum atomic E-state index is 14.4. The standard InChI is InChI=1S/C28H20ClN3O2S/c1-17-21(29)12-13-24-26(17)31-28(35-24)32(16-18-7-6-14-30-15-18)27(33)25-19-8-2-4-10-22(19)34-23-11-5-3-9-20(23)25/h2-15,25H,16H2,1H3. The highest BCUT2D eigenvalue weighted by molar-refractivity contribution is 7.22. The van der Waals surface area contributed by atoms with Gasteiger partial charge < -0.3 is 4.74 Å². The number of carbonyl (C=O) groups excluding carboxylic acids is 1. The molecule has 5 nitrogen and oxygen atoms in total. The summed E-state index contributed by atoms with van der Waals surface area (Å²) in [6.07, 6.45) is 3.51. The van der Waals surface area contributed by atoms with Crippen LogP contribution in [0.2, 0.25) is 5.02 Å².